The van der Waals surface area contributed by atoms with Crippen LogP contribution in [0.1, 0.15) is 12.6 Å². The van der Waals surface area contributed by atoms with Crippen LogP contribution in [0.3, 0.4) is 0 Å². The van der Waals surface area contributed by atoms with Crippen molar-refractivity contribution in [3.63, 3.8) is 0 Å². The Balaban J connectivity index is 1.70. The van der Waals surface area contributed by atoms with Crippen molar-refractivity contribution in [1.29, 1.82) is 0 Å². The lowest BCUT2D eigenvalue weighted by molar-refractivity contribution is -0.0458. The summed E-state index contributed by atoms with van der Waals surface area (Å²) in [4.78, 5) is 26.7. The highest BCUT2D eigenvalue weighted by atomic mass is 35.5. The molecule has 1 saturated heterocycles. The van der Waals surface area contributed by atoms with Gasteiger partial charge in [0.15, 0.2) is 0 Å². The molecule has 3 aromatic rings. The number of nitrogens with zero attached hydrogens (tertiary/aromatic N) is 4. The quantitative estimate of drug-likeness (QED) is 0.559. The molecule has 3 unspecified atom stereocenters. The second kappa shape index (κ2) is 7.32. The summed E-state index contributed by atoms with van der Waals surface area (Å²) in [6.45, 7) is -0.377. The number of aliphatic hydroxyl groups is 2. The Labute approximate surface area is 162 Å². The van der Waals surface area contributed by atoms with E-state index < -0.39 is 29.7 Å². The van der Waals surface area contributed by atoms with E-state index in [2.05, 4.69) is 15.3 Å². The molecule has 3 atom stereocenters. The fourth-order valence-electron chi connectivity index (χ4n) is 3.04. The number of hydrogen-bond acceptors (Lipinski definition) is 7. The van der Waals surface area contributed by atoms with E-state index in [1.54, 1.807) is 30.5 Å². The number of rotatable bonds is 4. The van der Waals surface area contributed by atoms with Gasteiger partial charge in [0.25, 0.3) is 5.56 Å². The van der Waals surface area contributed by atoms with Crippen molar-refractivity contribution in [3.8, 4) is 16.9 Å². The smallest absolute Gasteiger partial charge is 0.330 e. The van der Waals surface area contributed by atoms with Gasteiger partial charge in [-0.15, -0.1) is 5.10 Å². The van der Waals surface area contributed by atoms with Crippen molar-refractivity contribution < 1.29 is 14.9 Å². The zero-order valence-electron chi connectivity index (χ0n) is 14.4. The zero-order chi connectivity index (χ0) is 19.8. The van der Waals surface area contributed by atoms with E-state index in [4.69, 9.17) is 16.3 Å². The Morgan fingerprint density at radius 3 is 2.68 bits per heavy atom. The fourth-order valence-corrected chi connectivity index (χ4v) is 3.17. The van der Waals surface area contributed by atoms with E-state index in [1.165, 1.54) is 10.9 Å². The standard InChI is InChI=1S/C17H16ClN5O5/c18-9-1-3-10(4-2-9)23-7-12(20-21-23)11-6-22(17(27)19-16(11)26)15-5-13(25)14(8-24)28-15/h1-4,6-7,13-15,24-25H,5,8H2,(H,19,26,27). The van der Waals surface area contributed by atoms with Gasteiger partial charge < -0.3 is 14.9 Å². The minimum atomic E-state index is -0.914. The Bertz CT molecular complexity index is 1110. The van der Waals surface area contributed by atoms with E-state index in [9.17, 15) is 19.8 Å². The summed E-state index contributed by atoms with van der Waals surface area (Å²) in [5, 5.41) is 27.7. The monoisotopic (exact) mass is 405 g/mol. The molecule has 0 spiro atoms. The van der Waals surface area contributed by atoms with Gasteiger partial charge in [0.05, 0.1) is 30.2 Å². The van der Waals surface area contributed by atoms with Crippen molar-refractivity contribution in [3.05, 3.63) is 62.5 Å². The van der Waals surface area contributed by atoms with E-state index in [1.807, 2.05) is 0 Å². The Morgan fingerprint density at radius 1 is 1.25 bits per heavy atom. The van der Waals surface area contributed by atoms with Crippen molar-refractivity contribution in [1.82, 2.24) is 24.5 Å². The van der Waals surface area contributed by atoms with Gasteiger partial charge in [0, 0.05) is 17.6 Å². The molecular weight excluding hydrogens is 390 g/mol. The van der Waals surface area contributed by atoms with Crippen LogP contribution >= 0.6 is 11.6 Å². The van der Waals surface area contributed by atoms with Crippen molar-refractivity contribution in [2.24, 2.45) is 0 Å². The summed E-state index contributed by atoms with van der Waals surface area (Å²) >= 11 is 5.88. The van der Waals surface area contributed by atoms with E-state index in [0.717, 1.165) is 4.57 Å². The van der Waals surface area contributed by atoms with Gasteiger partial charge in [-0.2, -0.15) is 0 Å². The number of aliphatic hydroxyl groups excluding tert-OH is 2. The fraction of sp³-hybridized carbons (Fsp3) is 0.294. The van der Waals surface area contributed by atoms with Gasteiger partial charge in [-0.05, 0) is 24.3 Å². The Kier molecular flexibility index (Phi) is 4.85. The van der Waals surface area contributed by atoms with Gasteiger partial charge in [-0.1, -0.05) is 16.8 Å². The molecule has 3 heterocycles. The van der Waals surface area contributed by atoms with Gasteiger partial charge in [-0.3, -0.25) is 14.3 Å². The third-order valence-electron chi connectivity index (χ3n) is 4.52. The van der Waals surface area contributed by atoms with Crippen LogP contribution in [0, 0.1) is 0 Å². The molecule has 0 bridgehead atoms. The highest BCUT2D eigenvalue weighted by Gasteiger charge is 2.35. The third kappa shape index (κ3) is 3.38. The Hall–Kier alpha value is -2.79. The number of halogens is 1. The molecule has 1 aliphatic heterocycles. The summed E-state index contributed by atoms with van der Waals surface area (Å²) in [7, 11) is 0. The average molecular weight is 406 g/mol. The van der Waals surface area contributed by atoms with Gasteiger partial charge >= 0.3 is 5.69 Å². The lowest BCUT2D eigenvalue weighted by atomic mass is 10.2. The number of H-pyrrole nitrogens is 1. The van der Waals surface area contributed by atoms with E-state index in [-0.39, 0.29) is 24.3 Å². The topological polar surface area (TPSA) is 135 Å². The van der Waals surface area contributed by atoms with Crippen LogP contribution in [0.2, 0.25) is 5.02 Å². The van der Waals surface area contributed by atoms with Gasteiger partial charge in [0.2, 0.25) is 0 Å². The van der Waals surface area contributed by atoms with Crippen molar-refractivity contribution >= 4 is 11.6 Å². The van der Waals surface area contributed by atoms with E-state index >= 15 is 0 Å². The van der Waals surface area contributed by atoms with Crippen LogP contribution in [0.5, 0.6) is 0 Å². The SMILES string of the molecule is O=c1[nH]c(=O)n(C2CC(O)C(CO)O2)cc1-c1cn(-c2ccc(Cl)cc2)nn1. The molecule has 146 valence electrons. The normalized spacial score (nSPS) is 21.9. The number of aromatic amines is 1. The molecule has 4 rings (SSSR count). The van der Waals surface area contributed by atoms with Crippen LogP contribution in [0.4, 0.5) is 0 Å². The second-order valence-electron chi connectivity index (χ2n) is 6.35. The number of hydrogen-bond donors (Lipinski definition) is 3. The molecule has 1 fully saturated rings. The number of nitrogens with one attached hydrogen (secondary N) is 1. The second-order valence-corrected chi connectivity index (χ2v) is 6.79. The summed E-state index contributed by atoms with van der Waals surface area (Å²) in [6, 6.07) is 6.89. The van der Waals surface area contributed by atoms with Crippen LogP contribution in [0.25, 0.3) is 16.9 Å². The van der Waals surface area contributed by atoms with Crippen molar-refractivity contribution in [2.75, 3.05) is 6.61 Å². The summed E-state index contributed by atoms with van der Waals surface area (Å²) in [5.74, 6) is 0. The average Bonchev–Trinajstić information content (AvgIpc) is 3.29. The lowest BCUT2D eigenvalue weighted by Crippen LogP contribution is -2.33. The van der Waals surface area contributed by atoms with Crippen LogP contribution in [0.15, 0.2) is 46.2 Å². The molecule has 1 aliphatic rings. The molecular formula is C17H16ClN5O5. The van der Waals surface area contributed by atoms with E-state index in [0.29, 0.717) is 10.7 Å². The first-order valence-corrected chi connectivity index (χ1v) is 8.82. The first-order chi connectivity index (χ1) is 13.5. The molecule has 0 aliphatic carbocycles. The summed E-state index contributed by atoms with van der Waals surface area (Å²) in [6.07, 6.45) is 0.439. The number of ether oxygens (including phenoxy) is 1. The lowest BCUT2D eigenvalue weighted by Gasteiger charge is -2.14. The molecule has 0 amide bonds. The Morgan fingerprint density at radius 2 is 2.00 bits per heavy atom. The largest absolute Gasteiger partial charge is 0.394 e. The molecule has 1 aromatic carbocycles. The molecule has 0 radical (unpaired) electrons. The van der Waals surface area contributed by atoms with Crippen LogP contribution in [-0.2, 0) is 4.74 Å². The van der Waals surface area contributed by atoms with Crippen molar-refractivity contribution in [2.45, 2.75) is 24.9 Å². The minimum Gasteiger partial charge on any atom is -0.394 e. The molecule has 3 N–H and O–H groups in total. The first kappa shape index (κ1) is 18.6. The molecule has 28 heavy (non-hydrogen) atoms. The minimum absolute atomic E-state index is 0.105. The summed E-state index contributed by atoms with van der Waals surface area (Å²) < 4.78 is 8.13. The number of aromatic nitrogens is 5. The van der Waals surface area contributed by atoms with Crippen LogP contribution in [-0.4, -0.2) is 53.6 Å². The van der Waals surface area contributed by atoms with Gasteiger partial charge in [-0.25, -0.2) is 9.48 Å². The molecule has 11 heteroatoms. The first-order valence-electron chi connectivity index (χ1n) is 8.45. The maximum atomic E-state index is 12.3. The maximum absolute atomic E-state index is 12.3. The maximum Gasteiger partial charge on any atom is 0.330 e. The third-order valence-corrected chi connectivity index (χ3v) is 4.77. The molecule has 2 aromatic heterocycles. The summed E-state index contributed by atoms with van der Waals surface area (Å²) in [5.41, 5.74) is -0.246. The predicted octanol–water partition coefficient (Wildman–Crippen LogP) is 0.0784. The highest BCUT2D eigenvalue weighted by molar-refractivity contribution is 6.30. The highest BCUT2D eigenvalue weighted by Crippen LogP contribution is 2.28. The van der Waals surface area contributed by atoms with Crippen LogP contribution < -0.4 is 11.2 Å². The van der Waals surface area contributed by atoms with Gasteiger partial charge in [0.1, 0.15) is 18.0 Å². The predicted molar refractivity (Wildman–Crippen MR) is 98.3 cm³/mol. The molecule has 10 nitrogen and oxygen atoms in total. The number of benzene rings is 1. The molecule has 0 saturated carbocycles. The zero-order valence-corrected chi connectivity index (χ0v) is 15.2.